The van der Waals surface area contributed by atoms with Crippen LogP contribution in [-0.4, -0.2) is 6.54 Å². The van der Waals surface area contributed by atoms with Gasteiger partial charge in [0.25, 0.3) is 0 Å². The lowest BCUT2D eigenvalue weighted by Gasteiger charge is -2.15. The van der Waals surface area contributed by atoms with Crippen molar-refractivity contribution >= 4 is 5.57 Å². The smallest absolute Gasteiger partial charge is 0.130 e. The standard InChI is InChI=1S/C15H20FN/c1-3-17-11(2)13-8-9-15(16)14(10-13)12-6-4-5-7-12/h6,8-11,17H,3-5,7H2,1-2H3. The number of halogens is 1. The van der Waals surface area contributed by atoms with E-state index >= 15 is 0 Å². The van der Waals surface area contributed by atoms with Gasteiger partial charge < -0.3 is 5.32 Å². The molecule has 1 unspecified atom stereocenters. The van der Waals surface area contributed by atoms with Gasteiger partial charge in [-0.15, -0.1) is 0 Å². The molecule has 1 aromatic rings. The van der Waals surface area contributed by atoms with Crippen molar-refractivity contribution in [1.29, 1.82) is 0 Å². The van der Waals surface area contributed by atoms with Crippen LogP contribution in [0.4, 0.5) is 4.39 Å². The summed E-state index contributed by atoms with van der Waals surface area (Å²) in [5.74, 6) is -0.0920. The third-order valence-electron chi connectivity index (χ3n) is 3.39. The van der Waals surface area contributed by atoms with Gasteiger partial charge >= 0.3 is 0 Å². The van der Waals surface area contributed by atoms with Gasteiger partial charge in [-0.25, -0.2) is 4.39 Å². The quantitative estimate of drug-likeness (QED) is 0.826. The first-order valence-corrected chi connectivity index (χ1v) is 6.44. The first-order valence-electron chi connectivity index (χ1n) is 6.44. The highest BCUT2D eigenvalue weighted by Gasteiger charge is 2.14. The van der Waals surface area contributed by atoms with Crippen LogP contribution in [0.25, 0.3) is 5.57 Å². The van der Waals surface area contributed by atoms with Gasteiger partial charge in [-0.1, -0.05) is 19.1 Å². The molecule has 0 aliphatic heterocycles. The highest BCUT2D eigenvalue weighted by Crippen LogP contribution is 2.30. The molecule has 1 aromatic carbocycles. The Labute approximate surface area is 103 Å². The lowest BCUT2D eigenvalue weighted by atomic mass is 9.99. The Morgan fingerprint density at radius 3 is 2.88 bits per heavy atom. The summed E-state index contributed by atoms with van der Waals surface area (Å²) in [5, 5.41) is 3.36. The molecule has 0 radical (unpaired) electrons. The number of nitrogens with one attached hydrogen (secondary N) is 1. The Kier molecular flexibility index (Phi) is 3.95. The molecule has 0 fully saturated rings. The van der Waals surface area contributed by atoms with Crippen LogP contribution in [0.3, 0.4) is 0 Å². The minimum absolute atomic E-state index is 0.0920. The Balaban J connectivity index is 2.29. The van der Waals surface area contributed by atoms with Crippen LogP contribution in [-0.2, 0) is 0 Å². The largest absolute Gasteiger partial charge is 0.310 e. The van der Waals surface area contributed by atoms with E-state index in [-0.39, 0.29) is 11.9 Å². The van der Waals surface area contributed by atoms with Gasteiger partial charge in [0.15, 0.2) is 0 Å². The summed E-state index contributed by atoms with van der Waals surface area (Å²) in [6, 6.07) is 5.75. The predicted octanol–water partition coefficient (Wildman–Crippen LogP) is 4.06. The molecule has 1 atom stereocenters. The zero-order valence-electron chi connectivity index (χ0n) is 10.6. The third kappa shape index (κ3) is 2.75. The Morgan fingerprint density at radius 1 is 1.41 bits per heavy atom. The van der Waals surface area contributed by atoms with E-state index in [0.717, 1.165) is 36.9 Å². The second-order valence-electron chi connectivity index (χ2n) is 4.64. The minimum Gasteiger partial charge on any atom is -0.310 e. The fraction of sp³-hybridized carbons (Fsp3) is 0.467. The van der Waals surface area contributed by atoms with Gasteiger partial charge in [0, 0.05) is 11.6 Å². The van der Waals surface area contributed by atoms with E-state index < -0.39 is 0 Å². The van der Waals surface area contributed by atoms with Crippen molar-refractivity contribution in [3.05, 3.63) is 41.2 Å². The summed E-state index contributed by atoms with van der Waals surface area (Å²) in [6.07, 6.45) is 5.42. The molecule has 1 N–H and O–H groups in total. The van der Waals surface area contributed by atoms with Crippen LogP contribution < -0.4 is 5.32 Å². The molecule has 0 saturated heterocycles. The second-order valence-corrected chi connectivity index (χ2v) is 4.64. The molecule has 92 valence electrons. The van der Waals surface area contributed by atoms with E-state index in [4.69, 9.17) is 0 Å². The second kappa shape index (κ2) is 5.46. The highest BCUT2D eigenvalue weighted by molar-refractivity contribution is 5.68. The molecule has 0 bridgehead atoms. The molecule has 2 rings (SSSR count). The van der Waals surface area contributed by atoms with Crippen molar-refractivity contribution in [3.8, 4) is 0 Å². The Hall–Kier alpha value is -1.15. The normalized spacial score (nSPS) is 17.0. The molecular formula is C15H20FN. The Bertz CT molecular complexity index is 423. The molecule has 0 heterocycles. The minimum atomic E-state index is -0.0920. The molecule has 0 aromatic heterocycles. The number of hydrogen-bond donors (Lipinski definition) is 1. The number of benzene rings is 1. The monoisotopic (exact) mass is 233 g/mol. The van der Waals surface area contributed by atoms with Crippen LogP contribution in [0.1, 0.15) is 50.3 Å². The van der Waals surface area contributed by atoms with E-state index in [1.807, 2.05) is 12.1 Å². The predicted molar refractivity (Wildman–Crippen MR) is 70.3 cm³/mol. The van der Waals surface area contributed by atoms with E-state index in [1.165, 1.54) is 5.57 Å². The van der Waals surface area contributed by atoms with Crippen molar-refractivity contribution < 1.29 is 4.39 Å². The van der Waals surface area contributed by atoms with E-state index in [2.05, 4.69) is 25.2 Å². The van der Waals surface area contributed by atoms with Gasteiger partial charge in [-0.2, -0.15) is 0 Å². The zero-order chi connectivity index (χ0) is 12.3. The van der Waals surface area contributed by atoms with E-state index in [1.54, 1.807) is 6.07 Å². The van der Waals surface area contributed by atoms with Gasteiger partial charge in [0.05, 0.1) is 0 Å². The van der Waals surface area contributed by atoms with E-state index in [9.17, 15) is 4.39 Å². The van der Waals surface area contributed by atoms with Gasteiger partial charge in [-0.3, -0.25) is 0 Å². The molecular weight excluding hydrogens is 213 g/mol. The summed E-state index contributed by atoms with van der Waals surface area (Å²) in [5.41, 5.74) is 3.13. The van der Waals surface area contributed by atoms with Gasteiger partial charge in [0.2, 0.25) is 0 Å². The summed E-state index contributed by atoms with van der Waals surface area (Å²) >= 11 is 0. The molecule has 2 heteroatoms. The van der Waals surface area contributed by atoms with Crippen LogP contribution in [0, 0.1) is 5.82 Å². The number of allylic oxidation sites excluding steroid dienone is 2. The van der Waals surface area contributed by atoms with Gasteiger partial charge in [-0.05, 0) is 56.0 Å². The van der Waals surface area contributed by atoms with Crippen LogP contribution in [0.2, 0.25) is 0 Å². The fourth-order valence-corrected chi connectivity index (χ4v) is 2.40. The maximum atomic E-state index is 13.8. The first-order chi connectivity index (χ1) is 8.22. The molecule has 0 saturated carbocycles. The van der Waals surface area contributed by atoms with Crippen LogP contribution in [0.5, 0.6) is 0 Å². The Morgan fingerprint density at radius 2 is 2.24 bits per heavy atom. The number of hydrogen-bond acceptors (Lipinski definition) is 1. The van der Waals surface area contributed by atoms with Crippen molar-refractivity contribution in [2.75, 3.05) is 6.54 Å². The average Bonchev–Trinajstić information content (AvgIpc) is 2.83. The maximum Gasteiger partial charge on any atom is 0.130 e. The number of rotatable bonds is 4. The average molecular weight is 233 g/mol. The van der Waals surface area contributed by atoms with Crippen LogP contribution >= 0.6 is 0 Å². The summed E-state index contributed by atoms with van der Waals surface area (Å²) in [4.78, 5) is 0. The van der Waals surface area contributed by atoms with E-state index in [0.29, 0.717) is 0 Å². The molecule has 1 aliphatic carbocycles. The third-order valence-corrected chi connectivity index (χ3v) is 3.39. The lowest BCUT2D eigenvalue weighted by molar-refractivity contribution is 0.590. The van der Waals surface area contributed by atoms with Gasteiger partial charge in [0.1, 0.15) is 5.82 Å². The van der Waals surface area contributed by atoms with Crippen LogP contribution in [0.15, 0.2) is 24.3 Å². The maximum absolute atomic E-state index is 13.8. The van der Waals surface area contributed by atoms with Crippen molar-refractivity contribution in [2.45, 2.75) is 39.2 Å². The summed E-state index contributed by atoms with van der Waals surface area (Å²) in [7, 11) is 0. The SMILES string of the molecule is CCNC(C)c1ccc(F)c(C2=CCCC2)c1. The lowest BCUT2D eigenvalue weighted by Crippen LogP contribution is -2.17. The summed E-state index contributed by atoms with van der Waals surface area (Å²) in [6.45, 7) is 5.13. The molecule has 0 spiro atoms. The highest BCUT2D eigenvalue weighted by atomic mass is 19.1. The topological polar surface area (TPSA) is 12.0 Å². The van der Waals surface area contributed by atoms with Crippen molar-refractivity contribution in [2.24, 2.45) is 0 Å². The molecule has 1 nitrogen and oxygen atoms in total. The van der Waals surface area contributed by atoms with Crippen molar-refractivity contribution in [1.82, 2.24) is 5.32 Å². The first kappa shape index (κ1) is 12.3. The zero-order valence-corrected chi connectivity index (χ0v) is 10.6. The fourth-order valence-electron chi connectivity index (χ4n) is 2.40. The summed E-state index contributed by atoms with van der Waals surface area (Å²) < 4.78 is 13.8. The van der Waals surface area contributed by atoms with Crippen molar-refractivity contribution in [3.63, 3.8) is 0 Å². The molecule has 1 aliphatic rings. The molecule has 17 heavy (non-hydrogen) atoms. The molecule has 0 amide bonds.